The molecule has 0 aromatic heterocycles. The monoisotopic (exact) mass is 387 g/mol. The number of nitrogens with zero attached hydrogens (tertiary/aromatic N) is 1. The minimum atomic E-state index is -3.77. The summed E-state index contributed by atoms with van der Waals surface area (Å²) in [5.74, 6) is -0.138. The predicted octanol–water partition coefficient (Wildman–Crippen LogP) is 2.88. The normalized spacial score (nSPS) is 14.3. The van der Waals surface area contributed by atoms with Gasteiger partial charge >= 0.3 is 0 Å². The summed E-state index contributed by atoms with van der Waals surface area (Å²) in [6.07, 6.45) is 1.34. The van der Waals surface area contributed by atoms with Gasteiger partial charge in [0.1, 0.15) is 0 Å². The number of nitrogens with one attached hydrogen (secondary N) is 2. The summed E-state index contributed by atoms with van der Waals surface area (Å²) in [6, 6.07) is 11.1. The fraction of sp³-hybridized carbons (Fsp3) is 0.263. The highest BCUT2D eigenvalue weighted by molar-refractivity contribution is 7.92. The quantitative estimate of drug-likeness (QED) is 0.825. The molecule has 7 nitrogen and oxygen atoms in total. The molecule has 1 saturated heterocycles. The highest BCUT2D eigenvalue weighted by atomic mass is 32.2. The van der Waals surface area contributed by atoms with E-state index in [9.17, 15) is 18.0 Å². The van der Waals surface area contributed by atoms with E-state index < -0.39 is 10.0 Å². The summed E-state index contributed by atoms with van der Waals surface area (Å²) in [4.78, 5) is 24.8. The molecule has 0 spiro atoms. The van der Waals surface area contributed by atoms with E-state index in [0.29, 0.717) is 24.3 Å². The Kier molecular flexibility index (Phi) is 5.18. The fourth-order valence-electron chi connectivity index (χ4n) is 3.04. The molecule has 1 fully saturated rings. The van der Waals surface area contributed by atoms with Crippen LogP contribution in [0.5, 0.6) is 0 Å². The average molecular weight is 387 g/mol. The van der Waals surface area contributed by atoms with Gasteiger partial charge in [-0.3, -0.25) is 14.3 Å². The highest BCUT2D eigenvalue weighted by Crippen LogP contribution is 2.28. The fourth-order valence-corrected chi connectivity index (χ4v) is 4.18. The number of anilines is 3. The Bertz CT molecular complexity index is 985. The van der Waals surface area contributed by atoms with Gasteiger partial charge in [-0.15, -0.1) is 0 Å². The Balaban J connectivity index is 1.79. The molecular weight excluding hydrogens is 366 g/mol. The van der Waals surface area contributed by atoms with Crippen LogP contribution in [-0.4, -0.2) is 26.8 Å². The molecule has 1 heterocycles. The summed E-state index contributed by atoms with van der Waals surface area (Å²) in [5.41, 5.74) is 2.45. The van der Waals surface area contributed by atoms with Crippen molar-refractivity contribution in [3.05, 3.63) is 48.0 Å². The van der Waals surface area contributed by atoms with Gasteiger partial charge < -0.3 is 10.2 Å². The maximum absolute atomic E-state index is 12.7. The van der Waals surface area contributed by atoms with Crippen molar-refractivity contribution in [1.29, 1.82) is 0 Å². The number of carbonyl (C=O) groups excluding carboxylic acids is 2. The molecule has 2 amide bonds. The molecule has 0 unspecified atom stereocenters. The van der Waals surface area contributed by atoms with Crippen LogP contribution in [0.4, 0.5) is 17.1 Å². The molecular formula is C19H21N3O4S. The lowest BCUT2D eigenvalue weighted by Gasteiger charge is -2.19. The lowest BCUT2D eigenvalue weighted by atomic mass is 10.2. The maximum atomic E-state index is 12.7. The summed E-state index contributed by atoms with van der Waals surface area (Å²) < 4.78 is 27.8. The van der Waals surface area contributed by atoms with E-state index in [-0.39, 0.29) is 16.7 Å². The van der Waals surface area contributed by atoms with Crippen LogP contribution in [-0.2, 0) is 19.6 Å². The highest BCUT2D eigenvalue weighted by Gasteiger charge is 2.24. The van der Waals surface area contributed by atoms with Crippen molar-refractivity contribution < 1.29 is 18.0 Å². The van der Waals surface area contributed by atoms with E-state index >= 15 is 0 Å². The van der Waals surface area contributed by atoms with Crippen LogP contribution in [0.25, 0.3) is 0 Å². The average Bonchev–Trinajstić information content (AvgIpc) is 3.01. The Morgan fingerprint density at radius 3 is 2.30 bits per heavy atom. The van der Waals surface area contributed by atoms with E-state index in [0.717, 1.165) is 17.7 Å². The van der Waals surface area contributed by atoms with Crippen molar-refractivity contribution >= 4 is 38.9 Å². The van der Waals surface area contributed by atoms with E-state index in [1.807, 2.05) is 0 Å². The Labute approximate surface area is 158 Å². The second-order valence-corrected chi connectivity index (χ2v) is 8.14. The van der Waals surface area contributed by atoms with Gasteiger partial charge in [0.15, 0.2) is 0 Å². The zero-order chi connectivity index (χ0) is 19.6. The number of carbonyl (C=O) groups is 2. The molecule has 2 N–H and O–H groups in total. The first kappa shape index (κ1) is 18.9. The second kappa shape index (κ2) is 7.40. The lowest BCUT2D eigenvalue weighted by molar-refractivity contribution is -0.117. The first-order valence-corrected chi connectivity index (χ1v) is 10.1. The molecule has 0 saturated carbocycles. The van der Waals surface area contributed by atoms with Gasteiger partial charge in [0.25, 0.3) is 10.0 Å². The topological polar surface area (TPSA) is 95.6 Å². The van der Waals surface area contributed by atoms with Crippen LogP contribution < -0.4 is 14.9 Å². The van der Waals surface area contributed by atoms with Gasteiger partial charge in [-0.05, 0) is 61.4 Å². The molecule has 142 valence electrons. The lowest BCUT2D eigenvalue weighted by Crippen LogP contribution is -2.24. The van der Waals surface area contributed by atoms with E-state index in [2.05, 4.69) is 10.0 Å². The van der Waals surface area contributed by atoms with Gasteiger partial charge in [0, 0.05) is 37.0 Å². The number of benzene rings is 2. The second-order valence-electron chi connectivity index (χ2n) is 6.46. The Morgan fingerprint density at radius 1 is 1.07 bits per heavy atom. The van der Waals surface area contributed by atoms with Crippen molar-refractivity contribution in [3.8, 4) is 0 Å². The minimum Gasteiger partial charge on any atom is -0.326 e. The number of rotatable bonds is 5. The van der Waals surface area contributed by atoms with Crippen molar-refractivity contribution in [2.45, 2.75) is 31.6 Å². The standard InChI is InChI=1S/C19H21N3O4S/c1-13-12-17(9-10-18(13)22-11-3-4-19(22)24)27(25,26)21-16-7-5-15(6-8-16)20-14(2)23/h5-10,12,21H,3-4,11H2,1-2H3,(H,20,23). The van der Waals surface area contributed by atoms with E-state index in [4.69, 9.17) is 0 Å². The van der Waals surface area contributed by atoms with Crippen molar-refractivity contribution in [2.75, 3.05) is 21.5 Å². The van der Waals surface area contributed by atoms with Crippen LogP contribution in [0.2, 0.25) is 0 Å². The number of hydrogen-bond acceptors (Lipinski definition) is 4. The molecule has 8 heteroatoms. The number of amides is 2. The molecule has 3 rings (SSSR count). The predicted molar refractivity (Wildman–Crippen MR) is 104 cm³/mol. The first-order chi connectivity index (χ1) is 12.8. The molecule has 0 bridgehead atoms. The number of hydrogen-bond donors (Lipinski definition) is 2. The molecule has 0 atom stereocenters. The minimum absolute atomic E-state index is 0.0612. The molecule has 0 radical (unpaired) electrons. The third-order valence-corrected chi connectivity index (χ3v) is 5.68. The summed E-state index contributed by atoms with van der Waals surface area (Å²) in [5, 5.41) is 2.62. The van der Waals surface area contributed by atoms with Crippen LogP contribution >= 0.6 is 0 Å². The molecule has 1 aliphatic rings. The molecule has 2 aromatic carbocycles. The van der Waals surface area contributed by atoms with Gasteiger partial charge in [-0.2, -0.15) is 0 Å². The van der Waals surface area contributed by atoms with Gasteiger partial charge in [0.05, 0.1) is 4.90 Å². The zero-order valence-corrected chi connectivity index (χ0v) is 16.0. The van der Waals surface area contributed by atoms with Crippen LogP contribution in [0.15, 0.2) is 47.4 Å². The van der Waals surface area contributed by atoms with Crippen molar-refractivity contribution in [3.63, 3.8) is 0 Å². The van der Waals surface area contributed by atoms with E-state index in [1.54, 1.807) is 48.2 Å². The smallest absolute Gasteiger partial charge is 0.261 e. The molecule has 27 heavy (non-hydrogen) atoms. The number of aryl methyl sites for hydroxylation is 1. The van der Waals surface area contributed by atoms with E-state index in [1.165, 1.54) is 13.0 Å². The summed E-state index contributed by atoms with van der Waals surface area (Å²) >= 11 is 0. The molecule has 1 aliphatic heterocycles. The maximum Gasteiger partial charge on any atom is 0.261 e. The third kappa shape index (κ3) is 4.28. The van der Waals surface area contributed by atoms with Gasteiger partial charge in [-0.1, -0.05) is 0 Å². The van der Waals surface area contributed by atoms with Crippen LogP contribution in [0.1, 0.15) is 25.3 Å². The summed E-state index contributed by atoms with van der Waals surface area (Å²) in [7, 11) is -3.77. The van der Waals surface area contributed by atoms with Crippen molar-refractivity contribution in [1.82, 2.24) is 0 Å². The molecule has 0 aliphatic carbocycles. The molecule has 2 aromatic rings. The van der Waals surface area contributed by atoms with Crippen LogP contribution in [0, 0.1) is 6.92 Å². The SMILES string of the molecule is CC(=O)Nc1ccc(NS(=O)(=O)c2ccc(N3CCCC3=O)c(C)c2)cc1. The summed E-state index contributed by atoms with van der Waals surface area (Å²) in [6.45, 7) is 3.85. The third-order valence-electron chi connectivity index (χ3n) is 4.30. The van der Waals surface area contributed by atoms with Gasteiger partial charge in [0.2, 0.25) is 11.8 Å². The van der Waals surface area contributed by atoms with Gasteiger partial charge in [-0.25, -0.2) is 8.42 Å². The zero-order valence-electron chi connectivity index (χ0n) is 15.2. The Morgan fingerprint density at radius 2 is 1.74 bits per heavy atom. The van der Waals surface area contributed by atoms with Crippen molar-refractivity contribution in [2.24, 2.45) is 0 Å². The number of sulfonamides is 1. The first-order valence-electron chi connectivity index (χ1n) is 8.58. The van der Waals surface area contributed by atoms with Crippen LogP contribution in [0.3, 0.4) is 0 Å². The Hall–Kier alpha value is -2.87. The largest absolute Gasteiger partial charge is 0.326 e.